The molecule has 11 heavy (non-hydrogen) atoms. The first-order valence-electron chi connectivity index (χ1n) is 2.76. The molecule has 0 aromatic carbocycles. The molecule has 0 aliphatic carbocycles. The Bertz CT molecular complexity index is 133. The zero-order valence-corrected chi connectivity index (χ0v) is 8.55. The molecule has 0 saturated carbocycles. The first kappa shape index (κ1) is 13.8. The van der Waals surface area contributed by atoms with Gasteiger partial charge >= 0.3 is 5.97 Å². The fourth-order valence-electron chi connectivity index (χ4n) is 0.451. The van der Waals surface area contributed by atoms with Crippen LogP contribution >= 0.6 is 11.8 Å². The Balaban J connectivity index is 0. The highest BCUT2D eigenvalue weighted by atomic mass is 32.2. The van der Waals surface area contributed by atoms with Crippen LogP contribution in [0.25, 0.3) is 0 Å². The van der Waals surface area contributed by atoms with Crippen molar-refractivity contribution in [2.24, 2.45) is 5.18 Å². The Kier molecular flexibility index (Phi) is 10.4. The van der Waals surface area contributed by atoms with Crippen molar-refractivity contribution in [1.29, 1.82) is 0 Å². The lowest BCUT2D eigenvalue weighted by Gasteiger charge is -1.99. The van der Waals surface area contributed by atoms with Gasteiger partial charge in [0.05, 0.1) is 0 Å². The van der Waals surface area contributed by atoms with E-state index in [4.69, 9.17) is 5.11 Å². The van der Waals surface area contributed by atoms with Crippen molar-refractivity contribution in [2.45, 2.75) is 12.5 Å². The first-order valence-corrected chi connectivity index (χ1v) is 4.16. The molecule has 0 aromatic heterocycles. The molecule has 0 fully saturated rings. The van der Waals surface area contributed by atoms with E-state index in [1.54, 1.807) is 0 Å². The number of rotatable bonds is 5. The van der Waals surface area contributed by atoms with E-state index in [9.17, 15) is 9.70 Å². The van der Waals surface area contributed by atoms with Gasteiger partial charge in [0, 0.05) is 23.1 Å². The van der Waals surface area contributed by atoms with Crippen LogP contribution in [0.5, 0.6) is 0 Å². The minimum absolute atomic E-state index is 0. The molecule has 0 aliphatic rings. The molecule has 0 aromatic rings. The Morgan fingerprint density at radius 1 is 1.73 bits per heavy atom. The molecule has 0 spiro atoms. The highest BCUT2D eigenvalue weighted by Crippen LogP contribution is 2.03. The van der Waals surface area contributed by atoms with Gasteiger partial charge in [-0.3, -0.25) is 0 Å². The number of carboxylic acids is 1. The quantitative estimate of drug-likeness (QED) is 0.505. The predicted molar refractivity (Wildman–Crippen MR) is 46.0 cm³/mol. The third kappa shape index (κ3) is 6.58. The molecule has 6 heteroatoms. The van der Waals surface area contributed by atoms with Crippen LogP contribution < -0.4 is 0 Å². The van der Waals surface area contributed by atoms with E-state index >= 15 is 0 Å². The van der Waals surface area contributed by atoms with Crippen molar-refractivity contribution in [3.63, 3.8) is 0 Å². The van der Waals surface area contributed by atoms with Gasteiger partial charge in [-0.25, -0.2) is 4.79 Å². The van der Waals surface area contributed by atoms with Crippen LogP contribution in [0.2, 0.25) is 0 Å². The summed E-state index contributed by atoms with van der Waals surface area (Å²) >= 11 is 1.50. The maximum absolute atomic E-state index is 10.1. The largest absolute Gasteiger partial charge is 0.480 e. The van der Waals surface area contributed by atoms with Crippen LogP contribution in [0.3, 0.4) is 0 Å². The second kappa shape index (κ2) is 8.28. The fourth-order valence-corrected chi connectivity index (χ4v) is 0.910. The Labute approximate surface area is 85.2 Å². The van der Waals surface area contributed by atoms with Crippen molar-refractivity contribution in [3.8, 4) is 0 Å². The van der Waals surface area contributed by atoms with Crippen LogP contribution in [0.4, 0.5) is 0 Å². The number of carbonyl (C=O) groups is 1. The minimum atomic E-state index is -1.14. The van der Waals surface area contributed by atoms with Crippen molar-refractivity contribution in [3.05, 3.63) is 4.91 Å². The molecule has 2 radical (unpaired) electrons. The Morgan fingerprint density at radius 2 is 2.27 bits per heavy atom. The zero-order valence-electron chi connectivity index (χ0n) is 6.32. The molecule has 0 unspecified atom stereocenters. The van der Waals surface area contributed by atoms with Crippen molar-refractivity contribution in [2.75, 3.05) is 12.0 Å². The molecule has 0 aliphatic heterocycles. The van der Waals surface area contributed by atoms with Gasteiger partial charge in [0.1, 0.15) is 0 Å². The van der Waals surface area contributed by atoms with E-state index in [-0.39, 0.29) is 23.1 Å². The van der Waals surface area contributed by atoms with E-state index < -0.39 is 12.0 Å². The monoisotopic (exact) mass is 187 g/mol. The molecule has 60 valence electrons. The van der Waals surface area contributed by atoms with E-state index in [0.29, 0.717) is 12.2 Å². The van der Waals surface area contributed by atoms with Gasteiger partial charge in [0.25, 0.3) is 0 Å². The highest BCUT2D eigenvalue weighted by molar-refractivity contribution is 7.98. The van der Waals surface area contributed by atoms with Gasteiger partial charge in [-0.15, -0.1) is 4.91 Å². The summed E-state index contributed by atoms with van der Waals surface area (Å²) in [5, 5.41) is 10.8. The van der Waals surface area contributed by atoms with E-state index in [1.165, 1.54) is 11.8 Å². The maximum Gasteiger partial charge on any atom is 0.332 e. The highest BCUT2D eigenvalue weighted by Gasteiger charge is 2.16. The maximum atomic E-state index is 10.1. The van der Waals surface area contributed by atoms with E-state index in [2.05, 4.69) is 5.18 Å². The van der Waals surface area contributed by atoms with E-state index in [0.717, 1.165) is 0 Å². The van der Waals surface area contributed by atoms with Crippen LogP contribution in [0.15, 0.2) is 5.18 Å². The van der Waals surface area contributed by atoms with Gasteiger partial charge in [0.2, 0.25) is 0 Å². The number of carboxylic acid groups (broad SMARTS) is 1. The fraction of sp³-hybridized carbons (Fsp3) is 0.800. The zero-order chi connectivity index (χ0) is 7.98. The Morgan fingerprint density at radius 3 is 2.55 bits per heavy atom. The summed E-state index contributed by atoms with van der Waals surface area (Å²) in [5.41, 5.74) is 0. The summed E-state index contributed by atoms with van der Waals surface area (Å²) in [6, 6.07) is -1.06. The molecule has 0 saturated heterocycles. The van der Waals surface area contributed by atoms with Crippen molar-refractivity contribution < 1.29 is 9.90 Å². The van der Waals surface area contributed by atoms with Gasteiger partial charge in [-0.1, -0.05) is 5.18 Å². The first-order chi connectivity index (χ1) is 4.72. The number of hydrogen-bond donors (Lipinski definition) is 1. The smallest absolute Gasteiger partial charge is 0.332 e. The summed E-state index contributed by atoms with van der Waals surface area (Å²) in [5.74, 6) is -0.480. The molecule has 0 bridgehead atoms. The molecule has 0 amide bonds. The number of nitroso groups, excluding NO2 is 1. The minimum Gasteiger partial charge on any atom is -0.480 e. The van der Waals surface area contributed by atoms with Crippen LogP contribution in [-0.4, -0.2) is 52.2 Å². The standard InChI is InChI=1S/C5H9NO3S.Mg/c1-10-3-2-4(6-9)5(7)8;/h4H,2-3H2,1H3,(H,7,8);/t4-;/m0./s1. The lowest BCUT2D eigenvalue weighted by atomic mass is 10.2. The SMILES string of the molecule is CSCC[C@H](N=O)C(=O)O.[Mg]. The topological polar surface area (TPSA) is 66.7 Å². The molecule has 4 nitrogen and oxygen atoms in total. The van der Waals surface area contributed by atoms with Crippen molar-refractivity contribution in [1.82, 2.24) is 0 Å². The van der Waals surface area contributed by atoms with Crippen LogP contribution in [-0.2, 0) is 4.79 Å². The molecule has 1 atom stereocenters. The summed E-state index contributed by atoms with van der Waals surface area (Å²) in [4.78, 5) is 19.9. The predicted octanol–water partition coefficient (Wildman–Crippen LogP) is 0.578. The lowest BCUT2D eigenvalue weighted by molar-refractivity contribution is -0.138. The summed E-state index contributed by atoms with van der Waals surface area (Å²) in [6.07, 6.45) is 2.17. The molecular formula is C5H9MgNO3S. The molecular weight excluding hydrogens is 178 g/mol. The number of hydrogen-bond acceptors (Lipinski definition) is 4. The second-order valence-electron chi connectivity index (χ2n) is 1.74. The average molecular weight is 188 g/mol. The van der Waals surface area contributed by atoms with Gasteiger partial charge in [0.15, 0.2) is 6.04 Å². The number of aliphatic carboxylic acids is 1. The van der Waals surface area contributed by atoms with Gasteiger partial charge in [-0.05, 0) is 18.4 Å². The normalized spacial score (nSPS) is 11.4. The molecule has 1 N–H and O–H groups in total. The van der Waals surface area contributed by atoms with Crippen LogP contribution in [0, 0.1) is 4.91 Å². The third-order valence-corrected chi connectivity index (χ3v) is 1.65. The number of nitrogens with zero attached hydrogens (tertiary/aromatic N) is 1. The van der Waals surface area contributed by atoms with Crippen LogP contribution in [0.1, 0.15) is 6.42 Å². The molecule has 0 heterocycles. The lowest BCUT2D eigenvalue weighted by Crippen LogP contribution is -2.17. The van der Waals surface area contributed by atoms with Gasteiger partial charge < -0.3 is 5.11 Å². The number of thioether (sulfide) groups is 1. The second-order valence-corrected chi connectivity index (χ2v) is 2.73. The summed E-state index contributed by atoms with van der Waals surface area (Å²) < 4.78 is 0. The van der Waals surface area contributed by atoms with Crippen molar-refractivity contribution >= 4 is 40.8 Å². The van der Waals surface area contributed by atoms with Gasteiger partial charge in [-0.2, -0.15) is 11.8 Å². The Hall–Kier alpha value is 0.186. The molecule has 0 rings (SSSR count). The average Bonchev–Trinajstić information content (AvgIpc) is 1.89. The summed E-state index contributed by atoms with van der Waals surface area (Å²) in [6.45, 7) is 0. The summed E-state index contributed by atoms with van der Waals surface area (Å²) in [7, 11) is 0. The van der Waals surface area contributed by atoms with E-state index in [1.807, 2.05) is 6.26 Å². The third-order valence-electron chi connectivity index (χ3n) is 1.01.